The minimum absolute atomic E-state index is 0.0338. The zero-order chi connectivity index (χ0) is 16.4. The number of anilines is 1. The van der Waals surface area contributed by atoms with Gasteiger partial charge in [-0.1, -0.05) is 15.9 Å². The van der Waals surface area contributed by atoms with Crippen LogP contribution in [-0.2, 0) is 14.4 Å². The monoisotopic (exact) mass is 379 g/mol. The topological polar surface area (TPSA) is 69.7 Å². The molecule has 1 aromatic carbocycles. The maximum Gasteiger partial charge on any atom is 0.228 e. The van der Waals surface area contributed by atoms with Crippen LogP contribution in [0.4, 0.5) is 5.69 Å². The molecule has 0 spiro atoms. The van der Waals surface area contributed by atoms with Crippen molar-refractivity contribution in [1.82, 2.24) is 9.80 Å². The Morgan fingerprint density at radius 1 is 1.09 bits per heavy atom. The molecule has 1 N–H and O–H groups in total. The van der Waals surface area contributed by atoms with Crippen LogP contribution in [0, 0.1) is 11.8 Å². The molecule has 3 rings (SSSR count). The molecule has 0 aromatic heterocycles. The normalized spacial score (nSPS) is 23.3. The van der Waals surface area contributed by atoms with Crippen LogP contribution in [0.1, 0.15) is 6.42 Å². The quantitative estimate of drug-likeness (QED) is 0.802. The number of carbonyl (C=O) groups excluding carboxylic acids is 3. The second-order valence-electron chi connectivity index (χ2n) is 5.91. The number of hydrogen-bond donors (Lipinski definition) is 1. The van der Waals surface area contributed by atoms with Crippen LogP contribution in [0.2, 0.25) is 0 Å². The molecular formula is C16H18BrN3O3. The van der Waals surface area contributed by atoms with Gasteiger partial charge in [0.15, 0.2) is 0 Å². The Kier molecular flexibility index (Phi) is 4.66. The van der Waals surface area contributed by atoms with Gasteiger partial charge in [0.2, 0.25) is 18.2 Å². The summed E-state index contributed by atoms with van der Waals surface area (Å²) in [6.07, 6.45) is 1.42. The van der Waals surface area contributed by atoms with E-state index >= 15 is 0 Å². The lowest BCUT2D eigenvalue weighted by Crippen LogP contribution is -2.48. The predicted molar refractivity (Wildman–Crippen MR) is 88.6 cm³/mol. The van der Waals surface area contributed by atoms with Gasteiger partial charge in [-0.3, -0.25) is 14.4 Å². The molecule has 1 saturated carbocycles. The van der Waals surface area contributed by atoms with E-state index in [2.05, 4.69) is 21.2 Å². The van der Waals surface area contributed by atoms with Crippen molar-refractivity contribution >= 4 is 39.8 Å². The first-order valence-electron chi connectivity index (χ1n) is 7.63. The van der Waals surface area contributed by atoms with E-state index < -0.39 is 0 Å². The number of nitrogens with one attached hydrogen (secondary N) is 1. The smallest absolute Gasteiger partial charge is 0.228 e. The molecule has 2 unspecified atom stereocenters. The van der Waals surface area contributed by atoms with Crippen molar-refractivity contribution < 1.29 is 14.4 Å². The van der Waals surface area contributed by atoms with E-state index in [4.69, 9.17) is 0 Å². The van der Waals surface area contributed by atoms with Crippen LogP contribution in [0.25, 0.3) is 0 Å². The third-order valence-electron chi connectivity index (χ3n) is 4.33. The average Bonchev–Trinajstić information content (AvgIpc) is 3.37. The summed E-state index contributed by atoms with van der Waals surface area (Å²) in [7, 11) is 0. The first-order valence-corrected chi connectivity index (χ1v) is 8.42. The summed E-state index contributed by atoms with van der Waals surface area (Å²) < 4.78 is 0.949. The Morgan fingerprint density at radius 3 is 2.35 bits per heavy atom. The molecular weight excluding hydrogens is 362 g/mol. The Morgan fingerprint density at radius 2 is 1.74 bits per heavy atom. The number of carbonyl (C=O) groups is 3. The zero-order valence-electron chi connectivity index (χ0n) is 12.6. The molecule has 1 aliphatic carbocycles. The van der Waals surface area contributed by atoms with Gasteiger partial charge in [0.1, 0.15) is 0 Å². The van der Waals surface area contributed by atoms with Crippen LogP contribution in [0.5, 0.6) is 0 Å². The van der Waals surface area contributed by atoms with Crippen molar-refractivity contribution in [3.8, 4) is 0 Å². The second-order valence-corrected chi connectivity index (χ2v) is 6.83. The van der Waals surface area contributed by atoms with E-state index in [1.165, 1.54) is 0 Å². The lowest BCUT2D eigenvalue weighted by molar-refractivity contribution is -0.137. The first kappa shape index (κ1) is 16.0. The number of benzene rings is 1. The maximum atomic E-state index is 12.4. The fourth-order valence-corrected chi connectivity index (χ4v) is 3.07. The molecule has 1 aromatic rings. The molecule has 1 aliphatic heterocycles. The third-order valence-corrected chi connectivity index (χ3v) is 4.86. The summed E-state index contributed by atoms with van der Waals surface area (Å²) in [6.45, 7) is 2.24. The minimum atomic E-state index is -0.241. The molecule has 2 fully saturated rings. The van der Waals surface area contributed by atoms with Gasteiger partial charge in [0.25, 0.3) is 0 Å². The summed E-state index contributed by atoms with van der Waals surface area (Å²) in [4.78, 5) is 38.7. The van der Waals surface area contributed by atoms with Crippen LogP contribution in [-0.4, -0.2) is 54.2 Å². The first-order chi connectivity index (χ1) is 11.1. The lowest BCUT2D eigenvalue weighted by atomic mass is 10.2. The second kappa shape index (κ2) is 6.70. The lowest BCUT2D eigenvalue weighted by Gasteiger charge is -2.32. The Bertz CT molecular complexity index is 612. The van der Waals surface area contributed by atoms with E-state index in [0.29, 0.717) is 32.6 Å². The third kappa shape index (κ3) is 3.72. The van der Waals surface area contributed by atoms with E-state index in [1.807, 2.05) is 24.3 Å². The highest BCUT2D eigenvalue weighted by Crippen LogP contribution is 2.41. The van der Waals surface area contributed by atoms with Crippen LogP contribution in [0.3, 0.4) is 0 Å². The van der Waals surface area contributed by atoms with Gasteiger partial charge in [-0.15, -0.1) is 0 Å². The van der Waals surface area contributed by atoms with Gasteiger partial charge >= 0.3 is 0 Å². The molecule has 3 amide bonds. The van der Waals surface area contributed by atoms with Crippen molar-refractivity contribution in [1.29, 1.82) is 0 Å². The fraction of sp³-hybridized carbons (Fsp3) is 0.438. The maximum absolute atomic E-state index is 12.4. The zero-order valence-corrected chi connectivity index (χ0v) is 14.2. The minimum Gasteiger partial charge on any atom is -0.342 e. The molecule has 7 heteroatoms. The van der Waals surface area contributed by atoms with Gasteiger partial charge in [-0.25, -0.2) is 0 Å². The number of halogens is 1. The van der Waals surface area contributed by atoms with Crippen molar-refractivity contribution in [3.05, 3.63) is 28.7 Å². The molecule has 1 saturated heterocycles. The van der Waals surface area contributed by atoms with E-state index in [0.717, 1.165) is 16.6 Å². The molecule has 2 atom stereocenters. The van der Waals surface area contributed by atoms with Crippen molar-refractivity contribution in [2.24, 2.45) is 11.8 Å². The summed E-state index contributed by atoms with van der Waals surface area (Å²) in [5, 5.41) is 2.85. The molecule has 23 heavy (non-hydrogen) atoms. The molecule has 122 valence electrons. The molecule has 2 aliphatic rings. The summed E-state index contributed by atoms with van der Waals surface area (Å²) in [6, 6.07) is 7.36. The summed E-state index contributed by atoms with van der Waals surface area (Å²) in [5.41, 5.74) is 0.732. The van der Waals surface area contributed by atoms with E-state index in [9.17, 15) is 14.4 Å². The number of piperazine rings is 1. The molecule has 6 nitrogen and oxygen atoms in total. The highest BCUT2D eigenvalue weighted by Gasteiger charge is 2.49. The fourth-order valence-electron chi connectivity index (χ4n) is 2.81. The van der Waals surface area contributed by atoms with Gasteiger partial charge in [-0.2, -0.15) is 0 Å². The van der Waals surface area contributed by atoms with Gasteiger partial charge in [0, 0.05) is 36.3 Å². The molecule has 0 radical (unpaired) electrons. The van der Waals surface area contributed by atoms with Crippen molar-refractivity contribution in [3.63, 3.8) is 0 Å². The van der Waals surface area contributed by atoms with Crippen molar-refractivity contribution in [2.75, 3.05) is 31.5 Å². The van der Waals surface area contributed by atoms with Gasteiger partial charge in [-0.05, 0) is 30.7 Å². The molecule has 0 bridgehead atoms. The largest absolute Gasteiger partial charge is 0.342 e. The van der Waals surface area contributed by atoms with Crippen LogP contribution in [0.15, 0.2) is 28.7 Å². The number of rotatable bonds is 4. The highest BCUT2D eigenvalue weighted by molar-refractivity contribution is 9.10. The Hall–Kier alpha value is -1.89. The van der Waals surface area contributed by atoms with Crippen molar-refractivity contribution in [2.45, 2.75) is 6.42 Å². The van der Waals surface area contributed by atoms with Gasteiger partial charge < -0.3 is 15.1 Å². The Labute approximate surface area is 142 Å². The average molecular weight is 380 g/mol. The summed E-state index contributed by atoms with van der Waals surface area (Å²) in [5.74, 6) is -0.521. The predicted octanol–water partition coefficient (Wildman–Crippen LogP) is 1.32. The van der Waals surface area contributed by atoms with E-state index in [-0.39, 0.29) is 23.7 Å². The SMILES string of the molecule is O=CN1CCN(C(=O)C2CC2C(=O)Nc2ccc(Br)cc2)CC1. The summed E-state index contributed by atoms with van der Waals surface area (Å²) >= 11 is 3.35. The number of amides is 3. The Balaban J connectivity index is 1.50. The number of nitrogens with zero attached hydrogens (tertiary/aromatic N) is 2. The van der Waals surface area contributed by atoms with Crippen LogP contribution < -0.4 is 5.32 Å². The number of hydrogen-bond acceptors (Lipinski definition) is 3. The van der Waals surface area contributed by atoms with E-state index in [1.54, 1.807) is 9.80 Å². The standard InChI is InChI=1S/C16H18BrN3O3/c17-11-1-3-12(4-2-11)18-15(22)13-9-14(13)16(23)20-7-5-19(10-21)6-8-20/h1-4,10,13-14H,5-9H2,(H,18,22). The van der Waals surface area contributed by atoms with Gasteiger partial charge in [0.05, 0.1) is 11.8 Å². The highest BCUT2D eigenvalue weighted by atomic mass is 79.9. The van der Waals surface area contributed by atoms with Crippen LogP contribution >= 0.6 is 15.9 Å². The molecule has 1 heterocycles.